The Morgan fingerprint density at radius 1 is 1.43 bits per heavy atom. The van der Waals surface area contributed by atoms with E-state index < -0.39 is 6.10 Å². The van der Waals surface area contributed by atoms with Crippen LogP contribution in [0.15, 0.2) is 24.4 Å². The largest absolute Gasteiger partial charge is 0.390 e. The normalized spacial score (nSPS) is 13.1. The number of aliphatic hydroxyl groups excluding tert-OH is 1. The van der Waals surface area contributed by atoms with E-state index in [-0.39, 0.29) is 6.10 Å². The number of pyridine rings is 1. The Bertz CT molecular complexity index is 249. The van der Waals surface area contributed by atoms with Gasteiger partial charge in [0.25, 0.3) is 0 Å². The highest BCUT2D eigenvalue weighted by atomic mass is 16.5. The first-order valence-corrected chi connectivity index (χ1v) is 4.88. The van der Waals surface area contributed by atoms with E-state index in [1.165, 1.54) is 0 Å². The van der Waals surface area contributed by atoms with Crippen molar-refractivity contribution in [3.8, 4) is 0 Å². The maximum absolute atomic E-state index is 9.59. The van der Waals surface area contributed by atoms with Crippen molar-refractivity contribution in [3.63, 3.8) is 0 Å². The Balaban J connectivity index is 2.30. The summed E-state index contributed by atoms with van der Waals surface area (Å²) in [7, 11) is 0. The van der Waals surface area contributed by atoms with E-state index in [1.807, 2.05) is 32.0 Å². The minimum atomic E-state index is -0.465. The predicted octanol–water partition coefficient (Wildman–Crippen LogP) is 1.41. The summed E-state index contributed by atoms with van der Waals surface area (Å²) in [6.07, 6.45) is 1.97. The van der Waals surface area contributed by atoms with Crippen LogP contribution in [0.5, 0.6) is 0 Å². The van der Waals surface area contributed by atoms with Crippen LogP contribution in [0, 0.1) is 0 Å². The molecular formula is C11H17NO2. The molecule has 0 bridgehead atoms. The van der Waals surface area contributed by atoms with Crippen molar-refractivity contribution in [1.29, 1.82) is 0 Å². The Labute approximate surface area is 84.7 Å². The van der Waals surface area contributed by atoms with Gasteiger partial charge in [-0.05, 0) is 26.0 Å². The highest BCUT2D eigenvalue weighted by Crippen LogP contribution is 2.00. The molecule has 0 aliphatic carbocycles. The average molecular weight is 195 g/mol. The molecular weight excluding hydrogens is 178 g/mol. The van der Waals surface area contributed by atoms with Crippen LogP contribution >= 0.6 is 0 Å². The molecule has 0 aliphatic heterocycles. The summed E-state index contributed by atoms with van der Waals surface area (Å²) in [6, 6.07) is 5.68. The molecule has 0 saturated carbocycles. The van der Waals surface area contributed by atoms with Crippen molar-refractivity contribution in [1.82, 2.24) is 4.98 Å². The highest BCUT2D eigenvalue weighted by Gasteiger charge is 2.07. The smallest absolute Gasteiger partial charge is 0.0829 e. The number of rotatable bonds is 5. The molecule has 0 aliphatic rings. The van der Waals surface area contributed by atoms with E-state index in [1.54, 1.807) is 6.20 Å². The SMILES string of the molecule is CC(C)OC[C@@H](O)Cc1ccccn1. The van der Waals surface area contributed by atoms with Crippen molar-refractivity contribution in [2.45, 2.75) is 32.5 Å². The fourth-order valence-corrected chi connectivity index (χ4v) is 1.12. The molecule has 0 amide bonds. The summed E-state index contributed by atoms with van der Waals surface area (Å²) < 4.78 is 5.30. The molecule has 0 saturated heterocycles. The second-order valence-corrected chi connectivity index (χ2v) is 3.56. The number of nitrogens with zero attached hydrogens (tertiary/aromatic N) is 1. The molecule has 1 atom stereocenters. The molecule has 1 N–H and O–H groups in total. The van der Waals surface area contributed by atoms with Gasteiger partial charge in [-0.3, -0.25) is 4.98 Å². The van der Waals surface area contributed by atoms with Gasteiger partial charge in [0.05, 0.1) is 18.8 Å². The number of hydrogen-bond acceptors (Lipinski definition) is 3. The van der Waals surface area contributed by atoms with E-state index >= 15 is 0 Å². The fourth-order valence-electron chi connectivity index (χ4n) is 1.12. The lowest BCUT2D eigenvalue weighted by atomic mass is 10.2. The lowest BCUT2D eigenvalue weighted by Crippen LogP contribution is -2.21. The van der Waals surface area contributed by atoms with Gasteiger partial charge < -0.3 is 9.84 Å². The molecule has 1 aromatic rings. The molecule has 3 nitrogen and oxygen atoms in total. The second kappa shape index (κ2) is 5.73. The van der Waals surface area contributed by atoms with Crippen molar-refractivity contribution >= 4 is 0 Å². The van der Waals surface area contributed by atoms with Gasteiger partial charge in [0.2, 0.25) is 0 Å². The van der Waals surface area contributed by atoms with Crippen LogP contribution in [-0.2, 0) is 11.2 Å². The summed E-state index contributed by atoms with van der Waals surface area (Å²) in [6.45, 7) is 4.27. The quantitative estimate of drug-likeness (QED) is 0.772. The van der Waals surface area contributed by atoms with Gasteiger partial charge in [-0.25, -0.2) is 0 Å². The number of aliphatic hydroxyl groups is 1. The Morgan fingerprint density at radius 2 is 2.21 bits per heavy atom. The molecule has 0 aromatic carbocycles. The average Bonchev–Trinajstić information content (AvgIpc) is 2.16. The first-order chi connectivity index (χ1) is 6.68. The molecule has 0 unspecified atom stereocenters. The minimum absolute atomic E-state index is 0.161. The monoisotopic (exact) mass is 195 g/mol. The van der Waals surface area contributed by atoms with E-state index in [0.29, 0.717) is 13.0 Å². The van der Waals surface area contributed by atoms with Crippen molar-refractivity contribution in [2.75, 3.05) is 6.61 Å². The Morgan fingerprint density at radius 3 is 2.79 bits per heavy atom. The van der Waals surface area contributed by atoms with Gasteiger partial charge in [0.1, 0.15) is 0 Å². The van der Waals surface area contributed by atoms with Gasteiger partial charge in [-0.15, -0.1) is 0 Å². The highest BCUT2D eigenvalue weighted by molar-refractivity contribution is 5.04. The molecule has 1 aromatic heterocycles. The lowest BCUT2D eigenvalue weighted by Gasteiger charge is -2.12. The van der Waals surface area contributed by atoms with Gasteiger partial charge in [0, 0.05) is 18.3 Å². The zero-order chi connectivity index (χ0) is 10.4. The molecule has 0 spiro atoms. The van der Waals surface area contributed by atoms with Gasteiger partial charge in [0.15, 0.2) is 0 Å². The Kier molecular flexibility index (Phi) is 4.56. The molecule has 78 valence electrons. The van der Waals surface area contributed by atoms with Crippen LogP contribution in [0.1, 0.15) is 19.5 Å². The molecule has 0 fully saturated rings. The van der Waals surface area contributed by atoms with E-state index in [9.17, 15) is 5.11 Å². The molecule has 1 heterocycles. The maximum atomic E-state index is 9.59. The zero-order valence-electron chi connectivity index (χ0n) is 8.68. The molecule has 14 heavy (non-hydrogen) atoms. The molecule has 0 radical (unpaired) electrons. The van der Waals surface area contributed by atoms with Crippen molar-refractivity contribution in [3.05, 3.63) is 30.1 Å². The summed E-state index contributed by atoms with van der Waals surface area (Å²) in [5, 5.41) is 9.59. The van der Waals surface area contributed by atoms with Gasteiger partial charge in [-0.1, -0.05) is 6.07 Å². The van der Waals surface area contributed by atoms with Crippen LogP contribution < -0.4 is 0 Å². The zero-order valence-corrected chi connectivity index (χ0v) is 8.68. The Hall–Kier alpha value is -0.930. The van der Waals surface area contributed by atoms with Crippen LogP contribution in [-0.4, -0.2) is 28.9 Å². The minimum Gasteiger partial charge on any atom is -0.390 e. The summed E-state index contributed by atoms with van der Waals surface area (Å²) in [5.74, 6) is 0. The van der Waals surface area contributed by atoms with E-state index in [4.69, 9.17) is 4.74 Å². The lowest BCUT2D eigenvalue weighted by molar-refractivity contribution is 0.00586. The fraction of sp³-hybridized carbons (Fsp3) is 0.545. The van der Waals surface area contributed by atoms with E-state index in [0.717, 1.165) is 5.69 Å². The van der Waals surface area contributed by atoms with Gasteiger partial charge in [-0.2, -0.15) is 0 Å². The van der Waals surface area contributed by atoms with Crippen LogP contribution in [0.3, 0.4) is 0 Å². The van der Waals surface area contributed by atoms with Crippen molar-refractivity contribution in [2.24, 2.45) is 0 Å². The van der Waals surface area contributed by atoms with Gasteiger partial charge >= 0.3 is 0 Å². The predicted molar refractivity (Wildman–Crippen MR) is 55.0 cm³/mol. The third-order valence-electron chi connectivity index (χ3n) is 1.79. The molecule has 1 rings (SSSR count). The number of aromatic nitrogens is 1. The van der Waals surface area contributed by atoms with Crippen LogP contribution in [0.2, 0.25) is 0 Å². The number of ether oxygens (including phenoxy) is 1. The summed E-state index contributed by atoms with van der Waals surface area (Å²) in [5.41, 5.74) is 0.896. The van der Waals surface area contributed by atoms with Crippen molar-refractivity contribution < 1.29 is 9.84 Å². The van der Waals surface area contributed by atoms with Crippen LogP contribution in [0.25, 0.3) is 0 Å². The first kappa shape index (κ1) is 11.1. The summed E-state index contributed by atoms with van der Waals surface area (Å²) >= 11 is 0. The topological polar surface area (TPSA) is 42.4 Å². The van der Waals surface area contributed by atoms with E-state index in [2.05, 4.69) is 4.98 Å². The second-order valence-electron chi connectivity index (χ2n) is 3.56. The maximum Gasteiger partial charge on any atom is 0.0829 e. The third kappa shape index (κ3) is 4.35. The third-order valence-corrected chi connectivity index (χ3v) is 1.79. The number of hydrogen-bond donors (Lipinski definition) is 1. The standard InChI is InChI=1S/C11H17NO2/c1-9(2)14-8-11(13)7-10-5-3-4-6-12-10/h3-6,9,11,13H,7-8H2,1-2H3/t11-/m0/s1. The summed E-state index contributed by atoms with van der Waals surface area (Å²) in [4.78, 5) is 4.13. The first-order valence-electron chi connectivity index (χ1n) is 4.88. The van der Waals surface area contributed by atoms with Crippen LogP contribution in [0.4, 0.5) is 0 Å². The molecule has 3 heteroatoms.